The van der Waals surface area contributed by atoms with Crippen LogP contribution in [0.4, 0.5) is 0 Å². The van der Waals surface area contributed by atoms with Gasteiger partial charge in [0.15, 0.2) is 0 Å². The van der Waals surface area contributed by atoms with E-state index in [1.807, 2.05) is 29.8 Å². The average Bonchev–Trinajstić information content (AvgIpc) is 2.97. The number of aromatic nitrogens is 2. The topological polar surface area (TPSA) is 74.8 Å². The van der Waals surface area contributed by atoms with Gasteiger partial charge in [-0.05, 0) is 31.9 Å². The van der Waals surface area contributed by atoms with Crippen molar-refractivity contribution in [2.45, 2.75) is 32.8 Å². The van der Waals surface area contributed by atoms with Crippen molar-refractivity contribution < 1.29 is 5.11 Å². The molecule has 0 saturated heterocycles. The second-order valence-corrected chi connectivity index (χ2v) is 5.80. The lowest BCUT2D eigenvalue weighted by atomic mass is 10.1. The fourth-order valence-electron chi connectivity index (χ4n) is 2.18. The van der Waals surface area contributed by atoms with Gasteiger partial charge in [0.25, 0.3) is 0 Å². The van der Waals surface area contributed by atoms with Gasteiger partial charge in [0.1, 0.15) is 17.1 Å². The minimum atomic E-state index is -1.05. The molecule has 2 aromatic rings. The van der Waals surface area contributed by atoms with E-state index >= 15 is 0 Å². The van der Waals surface area contributed by atoms with Gasteiger partial charge in [0.2, 0.25) is 5.96 Å². The van der Waals surface area contributed by atoms with Gasteiger partial charge in [-0.1, -0.05) is 12.8 Å². The third-order valence-electron chi connectivity index (χ3n) is 3.34. The van der Waals surface area contributed by atoms with Crippen LogP contribution in [0.25, 0.3) is 10.9 Å². The summed E-state index contributed by atoms with van der Waals surface area (Å²) in [6.45, 7) is 5.34. The Labute approximate surface area is 142 Å². The summed E-state index contributed by atoms with van der Waals surface area (Å²) in [7, 11) is 3.49. The van der Waals surface area contributed by atoms with Crippen LogP contribution in [0.1, 0.15) is 32.9 Å². The number of aliphatic hydroxyl groups is 1. The Kier molecular flexibility index (Phi) is 5.37. The summed E-state index contributed by atoms with van der Waals surface area (Å²) >= 11 is 0. The third-order valence-corrected chi connectivity index (χ3v) is 3.34. The van der Waals surface area contributed by atoms with E-state index in [2.05, 4.69) is 32.1 Å². The van der Waals surface area contributed by atoms with Crippen LogP contribution in [0, 0.1) is 11.8 Å². The van der Waals surface area contributed by atoms with Crippen LogP contribution >= 0.6 is 0 Å². The molecule has 0 aliphatic rings. The maximum atomic E-state index is 9.74. The molecular weight excluding hydrogens is 302 g/mol. The quantitative estimate of drug-likeness (QED) is 0.478. The van der Waals surface area contributed by atoms with E-state index in [0.717, 1.165) is 23.2 Å². The second kappa shape index (κ2) is 7.28. The third kappa shape index (κ3) is 4.21. The molecule has 0 spiro atoms. The molecule has 6 heteroatoms. The lowest BCUT2D eigenvalue weighted by molar-refractivity contribution is 0.143. The van der Waals surface area contributed by atoms with Gasteiger partial charge >= 0.3 is 0 Å². The summed E-state index contributed by atoms with van der Waals surface area (Å²) in [5.74, 6) is 7.14. The number of guanidine groups is 1. The maximum absolute atomic E-state index is 9.74. The molecule has 0 amide bonds. The minimum Gasteiger partial charge on any atom is -0.378 e. The molecular formula is C18H23N5O. The highest BCUT2D eigenvalue weighted by Gasteiger charge is 2.09. The molecule has 2 rings (SSSR count). The SMILES string of the molecule is CC/C(=N\C(=NC)NC)n1ccc2cnc(C#CC(C)(C)O)cc21. The highest BCUT2D eigenvalue weighted by Crippen LogP contribution is 2.17. The van der Waals surface area contributed by atoms with E-state index in [9.17, 15) is 5.11 Å². The van der Waals surface area contributed by atoms with Crippen LogP contribution in [-0.2, 0) is 0 Å². The molecule has 0 unspecified atom stereocenters. The monoisotopic (exact) mass is 325 g/mol. The van der Waals surface area contributed by atoms with Crippen molar-refractivity contribution in [1.82, 2.24) is 14.9 Å². The first-order valence-corrected chi connectivity index (χ1v) is 7.83. The van der Waals surface area contributed by atoms with Crippen molar-refractivity contribution in [3.05, 3.63) is 30.2 Å². The zero-order valence-electron chi connectivity index (χ0n) is 14.8. The predicted octanol–water partition coefficient (Wildman–Crippen LogP) is 2.02. The van der Waals surface area contributed by atoms with Gasteiger partial charge in [-0.2, -0.15) is 4.99 Å². The number of nitrogens with zero attached hydrogens (tertiary/aromatic N) is 4. The van der Waals surface area contributed by atoms with Crippen molar-refractivity contribution in [2.24, 2.45) is 9.98 Å². The van der Waals surface area contributed by atoms with Gasteiger partial charge in [-0.25, -0.2) is 4.98 Å². The number of rotatable bonds is 1. The molecule has 0 aliphatic heterocycles. The maximum Gasteiger partial charge on any atom is 0.219 e. The fourth-order valence-corrected chi connectivity index (χ4v) is 2.18. The summed E-state index contributed by atoms with van der Waals surface area (Å²) in [5.41, 5.74) is 0.531. The highest BCUT2D eigenvalue weighted by atomic mass is 16.3. The number of hydrogen-bond donors (Lipinski definition) is 2. The lowest BCUT2D eigenvalue weighted by Crippen LogP contribution is -2.20. The van der Waals surface area contributed by atoms with E-state index in [1.165, 1.54) is 0 Å². The number of nitrogens with one attached hydrogen (secondary N) is 1. The lowest BCUT2D eigenvalue weighted by Gasteiger charge is -2.09. The first-order valence-electron chi connectivity index (χ1n) is 7.83. The summed E-state index contributed by atoms with van der Waals surface area (Å²) in [6, 6.07) is 3.89. The van der Waals surface area contributed by atoms with Crippen LogP contribution in [-0.4, -0.2) is 46.1 Å². The van der Waals surface area contributed by atoms with Gasteiger partial charge in [-0.15, -0.1) is 0 Å². The van der Waals surface area contributed by atoms with Crippen LogP contribution in [0.15, 0.2) is 34.5 Å². The molecule has 6 nitrogen and oxygen atoms in total. The Bertz CT molecular complexity index is 844. The molecule has 126 valence electrons. The normalized spacial score (nSPS) is 12.9. The fraction of sp³-hybridized carbons (Fsp3) is 0.389. The zero-order chi connectivity index (χ0) is 17.7. The Hall–Kier alpha value is -2.65. The van der Waals surface area contributed by atoms with Crippen molar-refractivity contribution in [2.75, 3.05) is 14.1 Å². The van der Waals surface area contributed by atoms with E-state index < -0.39 is 5.60 Å². The number of fused-ring (bicyclic) bond motifs is 1. The summed E-state index contributed by atoms with van der Waals surface area (Å²) in [4.78, 5) is 13.0. The van der Waals surface area contributed by atoms with E-state index in [0.29, 0.717) is 11.7 Å². The van der Waals surface area contributed by atoms with Gasteiger partial charge in [0.05, 0.1) is 5.52 Å². The van der Waals surface area contributed by atoms with Crippen LogP contribution in [0.2, 0.25) is 0 Å². The van der Waals surface area contributed by atoms with E-state index in [-0.39, 0.29) is 0 Å². The van der Waals surface area contributed by atoms with Crippen LogP contribution < -0.4 is 5.32 Å². The summed E-state index contributed by atoms with van der Waals surface area (Å²) in [5, 5.41) is 13.7. The molecule has 2 aromatic heterocycles. The van der Waals surface area contributed by atoms with Crippen LogP contribution in [0.5, 0.6) is 0 Å². The highest BCUT2D eigenvalue weighted by molar-refractivity contribution is 6.01. The first-order chi connectivity index (χ1) is 11.4. The number of aliphatic imine (C=N–C) groups is 2. The first kappa shape index (κ1) is 17.7. The molecule has 0 aromatic carbocycles. The molecule has 2 N–H and O–H groups in total. The second-order valence-electron chi connectivity index (χ2n) is 5.80. The summed E-state index contributed by atoms with van der Waals surface area (Å²) < 4.78 is 2.01. The predicted molar refractivity (Wildman–Crippen MR) is 98.5 cm³/mol. The molecule has 0 atom stereocenters. The van der Waals surface area contributed by atoms with E-state index in [4.69, 9.17) is 0 Å². The molecule has 0 radical (unpaired) electrons. The van der Waals surface area contributed by atoms with Gasteiger partial charge < -0.3 is 15.0 Å². The molecule has 24 heavy (non-hydrogen) atoms. The van der Waals surface area contributed by atoms with Crippen molar-refractivity contribution in [3.8, 4) is 11.8 Å². The van der Waals surface area contributed by atoms with Crippen molar-refractivity contribution >= 4 is 22.7 Å². The Morgan fingerprint density at radius 2 is 2.21 bits per heavy atom. The largest absolute Gasteiger partial charge is 0.378 e. The van der Waals surface area contributed by atoms with Gasteiger partial charge in [0, 0.05) is 38.3 Å². The molecule has 0 aliphatic carbocycles. The molecule has 0 bridgehead atoms. The van der Waals surface area contributed by atoms with Crippen molar-refractivity contribution in [1.29, 1.82) is 0 Å². The molecule has 2 heterocycles. The van der Waals surface area contributed by atoms with E-state index in [1.54, 1.807) is 34.1 Å². The Balaban J connectivity index is 2.53. The van der Waals surface area contributed by atoms with Crippen molar-refractivity contribution in [3.63, 3.8) is 0 Å². The number of hydrogen-bond acceptors (Lipinski definition) is 3. The standard InChI is InChI=1S/C18H23N5O/c1-6-16(22-17(19-4)20-5)23-10-8-13-12-21-14(11-15(13)23)7-9-18(2,3)24/h8,10-12,24H,6H2,1-5H3,(H,19,20)/b22-16+. The smallest absolute Gasteiger partial charge is 0.219 e. The zero-order valence-corrected chi connectivity index (χ0v) is 14.8. The summed E-state index contributed by atoms with van der Waals surface area (Å²) in [6.07, 6.45) is 4.49. The van der Waals surface area contributed by atoms with Crippen LogP contribution in [0.3, 0.4) is 0 Å². The number of pyridine rings is 1. The minimum absolute atomic E-state index is 0.574. The van der Waals surface area contributed by atoms with Gasteiger partial charge in [-0.3, -0.25) is 4.99 Å². The molecule has 0 fully saturated rings. The Morgan fingerprint density at radius 3 is 2.79 bits per heavy atom. The average molecular weight is 325 g/mol. The Morgan fingerprint density at radius 1 is 1.46 bits per heavy atom. The molecule has 0 saturated carbocycles.